The summed E-state index contributed by atoms with van der Waals surface area (Å²) in [5.41, 5.74) is 6.64. The van der Waals surface area contributed by atoms with Crippen LogP contribution in [0.1, 0.15) is 40.5 Å². The number of nitrogen functional groups attached to an aromatic ring is 1. The lowest BCUT2D eigenvalue weighted by Crippen LogP contribution is -2.41. The van der Waals surface area contributed by atoms with Gasteiger partial charge >= 0.3 is 11.8 Å². The summed E-state index contributed by atoms with van der Waals surface area (Å²) in [6.07, 6.45) is 5.34. The third kappa shape index (κ3) is 6.80. The summed E-state index contributed by atoms with van der Waals surface area (Å²) in [5.74, 6) is -0.678. The average Bonchev–Trinajstić information content (AvgIpc) is 3.17. The minimum atomic E-state index is -0.704. The van der Waals surface area contributed by atoms with E-state index in [0.29, 0.717) is 35.5 Å². The molecule has 9 heteroatoms. The van der Waals surface area contributed by atoms with E-state index >= 15 is 0 Å². The van der Waals surface area contributed by atoms with Crippen molar-refractivity contribution in [2.24, 2.45) is 5.92 Å². The first kappa shape index (κ1) is 23.4. The van der Waals surface area contributed by atoms with Crippen LogP contribution < -0.4 is 11.1 Å². The van der Waals surface area contributed by atoms with Gasteiger partial charge in [0.05, 0.1) is 29.0 Å². The first-order valence-electron chi connectivity index (χ1n) is 9.52. The van der Waals surface area contributed by atoms with Gasteiger partial charge in [-0.25, -0.2) is 4.98 Å². The molecular weight excluding hydrogens is 360 g/mol. The monoisotopic (exact) mass is 392 g/mol. The van der Waals surface area contributed by atoms with E-state index in [2.05, 4.69) is 27.4 Å². The molecule has 0 atom stereocenters. The zero-order chi connectivity index (χ0) is 21.1. The Morgan fingerprint density at radius 1 is 1.32 bits per heavy atom. The molecule has 2 aromatic rings. The molecule has 0 aliphatic heterocycles. The molecule has 0 bridgehead atoms. The summed E-state index contributed by atoms with van der Waals surface area (Å²) in [6.45, 7) is 9.89. The minimum Gasteiger partial charge on any atom is -0.385 e. The molecule has 9 nitrogen and oxygen atoms in total. The van der Waals surface area contributed by atoms with Crippen molar-refractivity contribution in [2.45, 2.75) is 40.5 Å². The van der Waals surface area contributed by atoms with E-state index in [9.17, 15) is 9.59 Å². The first-order valence-corrected chi connectivity index (χ1v) is 9.52. The molecule has 28 heavy (non-hydrogen) atoms. The van der Waals surface area contributed by atoms with E-state index < -0.39 is 11.8 Å². The van der Waals surface area contributed by atoms with E-state index in [1.807, 2.05) is 20.8 Å². The number of nitrogens with zero attached hydrogens (tertiary/aromatic N) is 3. The second-order valence-electron chi connectivity index (χ2n) is 6.75. The second kappa shape index (κ2) is 11.9. The smallest absolute Gasteiger partial charge is 0.314 e. The zero-order valence-electron chi connectivity index (χ0n) is 17.4. The van der Waals surface area contributed by atoms with E-state index in [0.717, 1.165) is 6.61 Å². The number of likely N-dealkylation sites (N-methyl/N-ethyl adjacent to an activating group) is 1. The summed E-state index contributed by atoms with van der Waals surface area (Å²) < 4.78 is 4.78. The van der Waals surface area contributed by atoms with Gasteiger partial charge in [-0.3, -0.25) is 14.7 Å². The highest BCUT2D eigenvalue weighted by atomic mass is 16.5. The maximum absolute atomic E-state index is 12.2. The number of carbonyl (C=O) groups excluding carboxylic acids is 2. The van der Waals surface area contributed by atoms with Crippen molar-refractivity contribution >= 4 is 34.2 Å². The van der Waals surface area contributed by atoms with Gasteiger partial charge in [-0.2, -0.15) is 5.10 Å². The fourth-order valence-corrected chi connectivity index (χ4v) is 2.45. The van der Waals surface area contributed by atoms with Gasteiger partial charge in [-0.15, -0.1) is 0 Å². The lowest BCUT2D eigenvalue weighted by Gasteiger charge is -2.22. The molecule has 0 saturated heterocycles. The Kier molecular flexibility index (Phi) is 9.94. The molecule has 0 aliphatic carbocycles. The predicted octanol–water partition coefficient (Wildman–Crippen LogP) is 2.42. The SMILES string of the molecule is CCCCOC.CCN(CC(C)C)C(=O)C(=O)Nc1cnc(N)c2cn[nH]c12. The molecule has 2 aromatic heterocycles. The number of carbonyl (C=O) groups is 2. The highest BCUT2D eigenvalue weighted by molar-refractivity contribution is 6.40. The minimum absolute atomic E-state index is 0.286. The maximum Gasteiger partial charge on any atom is 0.314 e. The number of anilines is 2. The molecule has 4 N–H and O–H groups in total. The summed E-state index contributed by atoms with van der Waals surface area (Å²) in [6, 6.07) is 0. The van der Waals surface area contributed by atoms with Crippen LogP contribution in [0.2, 0.25) is 0 Å². The first-order chi connectivity index (χ1) is 13.3. The molecule has 2 amide bonds. The van der Waals surface area contributed by atoms with Crippen LogP contribution in [0.25, 0.3) is 10.9 Å². The van der Waals surface area contributed by atoms with Gasteiger partial charge in [0.1, 0.15) is 5.82 Å². The third-order valence-electron chi connectivity index (χ3n) is 3.92. The van der Waals surface area contributed by atoms with E-state index in [1.165, 1.54) is 30.1 Å². The Balaban J connectivity index is 0.000000568. The molecule has 0 spiro atoms. The molecule has 156 valence electrons. The van der Waals surface area contributed by atoms with Crippen molar-refractivity contribution in [1.29, 1.82) is 0 Å². The lowest BCUT2D eigenvalue weighted by atomic mass is 10.2. The van der Waals surface area contributed by atoms with Crippen molar-refractivity contribution in [3.63, 3.8) is 0 Å². The molecule has 0 unspecified atom stereocenters. The Labute approximate surface area is 166 Å². The van der Waals surface area contributed by atoms with Crippen LogP contribution in [0.4, 0.5) is 11.5 Å². The Morgan fingerprint density at radius 3 is 2.57 bits per heavy atom. The van der Waals surface area contributed by atoms with E-state index in [4.69, 9.17) is 10.5 Å². The Bertz CT molecular complexity index is 755. The second-order valence-corrected chi connectivity index (χ2v) is 6.75. The predicted molar refractivity (Wildman–Crippen MR) is 111 cm³/mol. The van der Waals surface area contributed by atoms with Crippen LogP contribution in [0.5, 0.6) is 0 Å². The number of ether oxygens (including phenoxy) is 1. The van der Waals surface area contributed by atoms with Crippen LogP contribution in [0, 0.1) is 5.92 Å². The maximum atomic E-state index is 12.2. The zero-order valence-corrected chi connectivity index (χ0v) is 17.4. The fraction of sp³-hybridized carbons (Fsp3) is 0.579. The number of unbranched alkanes of at least 4 members (excludes halogenated alkanes) is 1. The standard InChI is InChI=1S/C14H20N6O2.C5H12O/c1-4-20(7-8(2)3)14(22)13(21)18-10-6-16-12(15)9-5-17-19-11(9)10;1-3-4-5-6-2/h5-6,8H,4,7H2,1-3H3,(H2,15,16)(H,17,19)(H,18,21);3-5H2,1-2H3. The number of hydrogen-bond acceptors (Lipinski definition) is 6. The number of aromatic amines is 1. The summed E-state index contributed by atoms with van der Waals surface area (Å²) in [5, 5.41) is 9.78. The summed E-state index contributed by atoms with van der Waals surface area (Å²) in [4.78, 5) is 29.8. The molecular formula is C19H32N6O3. The topological polar surface area (TPSA) is 126 Å². The van der Waals surface area contributed by atoms with Gasteiger partial charge in [-0.1, -0.05) is 27.2 Å². The normalized spacial score (nSPS) is 10.5. The summed E-state index contributed by atoms with van der Waals surface area (Å²) in [7, 11) is 1.73. The number of nitrogens with two attached hydrogens (primary N) is 1. The highest BCUT2D eigenvalue weighted by Gasteiger charge is 2.22. The van der Waals surface area contributed by atoms with Crippen LogP contribution in [-0.4, -0.2) is 58.7 Å². The van der Waals surface area contributed by atoms with Gasteiger partial charge in [0, 0.05) is 26.8 Å². The average molecular weight is 393 g/mol. The van der Waals surface area contributed by atoms with Gasteiger partial charge in [0.15, 0.2) is 0 Å². The molecule has 0 fully saturated rings. The number of nitrogens with one attached hydrogen (secondary N) is 2. The van der Waals surface area contributed by atoms with Crippen molar-refractivity contribution in [3.05, 3.63) is 12.4 Å². The van der Waals surface area contributed by atoms with Crippen LogP contribution in [0.15, 0.2) is 12.4 Å². The number of methoxy groups -OCH3 is 1. The number of hydrogen-bond donors (Lipinski definition) is 3. The largest absolute Gasteiger partial charge is 0.385 e. The lowest BCUT2D eigenvalue weighted by molar-refractivity contribution is -0.143. The van der Waals surface area contributed by atoms with Gasteiger partial charge < -0.3 is 20.7 Å². The molecule has 0 radical (unpaired) electrons. The molecule has 0 aliphatic rings. The van der Waals surface area contributed by atoms with E-state index in [-0.39, 0.29) is 5.92 Å². The van der Waals surface area contributed by atoms with Crippen molar-refractivity contribution in [2.75, 3.05) is 37.9 Å². The number of fused-ring (bicyclic) bond motifs is 1. The van der Waals surface area contributed by atoms with E-state index in [1.54, 1.807) is 7.11 Å². The highest BCUT2D eigenvalue weighted by Crippen LogP contribution is 2.23. The van der Waals surface area contributed by atoms with Crippen LogP contribution in [0.3, 0.4) is 0 Å². The molecule has 0 aromatic carbocycles. The van der Waals surface area contributed by atoms with Crippen molar-refractivity contribution in [1.82, 2.24) is 20.1 Å². The van der Waals surface area contributed by atoms with Gasteiger partial charge in [-0.05, 0) is 19.3 Å². The fourth-order valence-electron chi connectivity index (χ4n) is 2.45. The van der Waals surface area contributed by atoms with Crippen LogP contribution in [-0.2, 0) is 14.3 Å². The van der Waals surface area contributed by atoms with Crippen molar-refractivity contribution < 1.29 is 14.3 Å². The van der Waals surface area contributed by atoms with Gasteiger partial charge in [0.25, 0.3) is 0 Å². The Morgan fingerprint density at radius 2 is 2.04 bits per heavy atom. The number of pyridine rings is 1. The number of rotatable bonds is 7. The molecule has 0 saturated carbocycles. The number of amides is 2. The molecule has 2 rings (SSSR count). The van der Waals surface area contributed by atoms with Crippen LogP contribution >= 0.6 is 0 Å². The number of H-pyrrole nitrogens is 1. The quantitative estimate of drug-likeness (QED) is 0.491. The molecule has 2 heterocycles. The van der Waals surface area contributed by atoms with Crippen molar-refractivity contribution in [3.8, 4) is 0 Å². The summed E-state index contributed by atoms with van der Waals surface area (Å²) >= 11 is 0. The van der Waals surface area contributed by atoms with Gasteiger partial charge in [0.2, 0.25) is 0 Å². The Hall–Kier alpha value is -2.68. The number of aromatic nitrogens is 3. The third-order valence-corrected chi connectivity index (χ3v) is 3.92.